The molecular formula is C11H13NO2. The monoisotopic (exact) mass is 191 g/mol. The average molecular weight is 191 g/mol. The Morgan fingerprint density at radius 1 is 1.36 bits per heavy atom. The van der Waals surface area contributed by atoms with Crippen LogP contribution in [0.4, 0.5) is 0 Å². The summed E-state index contributed by atoms with van der Waals surface area (Å²) in [6.07, 6.45) is 0. The number of aromatic nitrogens is 1. The normalized spacial score (nSPS) is 12.3. The first kappa shape index (κ1) is 9.21. The Labute approximate surface area is 82.4 Å². The number of oxazole rings is 1. The van der Waals surface area contributed by atoms with Gasteiger partial charge in [0, 0.05) is 6.92 Å². The van der Waals surface area contributed by atoms with E-state index in [1.54, 1.807) is 13.8 Å². The van der Waals surface area contributed by atoms with Gasteiger partial charge in [0.05, 0.1) is 5.60 Å². The highest BCUT2D eigenvalue weighted by molar-refractivity contribution is 5.73. The van der Waals surface area contributed by atoms with Gasteiger partial charge in [-0.25, -0.2) is 4.98 Å². The maximum Gasteiger partial charge on any atom is 0.192 e. The molecule has 2 rings (SSSR count). The summed E-state index contributed by atoms with van der Waals surface area (Å²) in [6.45, 7) is 5.30. The summed E-state index contributed by atoms with van der Waals surface area (Å²) < 4.78 is 5.38. The number of rotatable bonds is 1. The van der Waals surface area contributed by atoms with E-state index in [0.29, 0.717) is 5.89 Å². The van der Waals surface area contributed by atoms with Gasteiger partial charge in [-0.05, 0) is 31.5 Å². The van der Waals surface area contributed by atoms with Gasteiger partial charge < -0.3 is 9.52 Å². The summed E-state index contributed by atoms with van der Waals surface area (Å²) in [6, 6.07) is 5.55. The van der Waals surface area contributed by atoms with Crippen molar-refractivity contribution in [2.75, 3.05) is 0 Å². The van der Waals surface area contributed by atoms with Gasteiger partial charge in [-0.3, -0.25) is 0 Å². The van der Waals surface area contributed by atoms with Gasteiger partial charge in [0.1, 0.15) is 5.52 Å². The smallest absolute Gasteiger partial charge is 0.192 e. The highest BCUT2D eigenvalue weighted by Crippen LogP contribution is 2.24. The first-order chi connectivity index (χ1) is 6.47. The summed E-state index contributed by atoms with van der Waals surface area (Å²) >= 11 is 0. The number of hydrogen-bond donors (Lipinski definition) is 1. The fourth-order valence-electron chi connectivity index (χ4n) is 1.42. The highest BCUT2D eigenvalue weighted by Gasteiger charge is 2.17. The van der Waals surface area contributed by atoms with Crippen LogP contribution in [0.15, 0.2) is 22.6 Å². The minimum atomic E-state index is -0.838. The summed E-state index contributed by atoms with van der Waals surface area (Å²) in [5, 5.41) is 9.79. The lowest BCUT2D eigenvalue weighted by Gasteiger charge is -2.16. The van der Waals surface area contributed by atoms with Gasteiger partial charge in [-0.1, -0.05) is 6.07 Å². The van der Waals surface area contributed by atoms with Crippen LogP contribution in [-0.2, 0) is 5.60 Å². The predicted octanol–water partition coefficient (Wildman–Crippen LogP) is 2.36. The molecule has 1 aromatic carbocycles. The van der Waals surface area contributed by atoms with Gasteiger partial charge >= 0.3 is 0 Å². The molecule has 0 atom stereocenters. The molecular weight excluding hydrogens is 178 g/mol. The lowest BCUT2D eigenvalue weighted by molar-refractivity contribution is 0.0786. The van der Waals surface area contributed by atoms with Crippen molar-refractivity contribution in [3.8, 4) is 0 Å². The standard InChI is InChI=1S/C11H13NO2/c1-7-12-9-5-4-8(11(2,3)13)6-10(9)14-7/h4-6,13H,1-3H3. The van der Waals surface area contributed by atoms with Crippen LogP contribution >= 0.6 is 0 Å². The third kappa shape index (κ3) is 1.51. The minimum absolute atomic E-state index is 0.646. The Kier molecular flexibility index (Phi) is 1.86. The molecule has 0 saturated heterocycles. The summed E-state index contributed by atoms with van der Waals surface area (Å²) in [7, 11) is 0. The molecule has 14 heavy (non-hydrogen) atoms. The third-order valence-corrected chi connectivity index (χ3v) is 2.20. The Hall–Kier alpha value is -1.35. The van der Waals surface area contributed by atoms with Crippen molar-refractivity contribution < 1.29 is 9.52 Å². The van der Waals surface area contributed by atoms with Crippen molar-refractivity contribution in [1.29, 1.82) is 0 Å². The van der Waals surface area contributed by atoms with Gasteiger partial charge in [-0.2, -0.15) is 0 Å². The van der Waals surface area contributed by atoms with Crippen molar-refractivity contribution in [3.63, 3.8) is 0 Å². The van der Waals surface area contributed by atoms with Crippen LogP contribution in [0, 0.1) is 6.92 Å². The Morgan fingerprint density at radius 3 is 2.71 bits per heavy atom. The molecule has 0 spiro atoms. The topological polar surface area (TPSA) is 46.3 Å². The molecule has 0 unspecified atom stereocenters. The fraction of sp³-hybridized carbons (Fsp3) is 0.364. The Morgan fingerprint density at radius 2 is 2.07 bits per heavy atom. The van der Waals surface area contributed by atoms with Crippen molar-refractivity contribution in [2.45, 2.75) is 26.4 Å². The van der Waals surface area contributed by atoms with E-state index >= 15 is 0 Å². The van der Waals surface area contributed by atoms with Crippen LogP contribution in [0.2, 0.25) is 0 Å². The SMILES string of the molecule is Cc1nc2ccc(C(C)(C)O)cc2o1. The molecule has 0 bridgehead atoms. The zero-order valence-corrected chi connectivity index (χ0v) is 8.53. The fourth-order valence-corrected chi connectivity index (χ4v) is 1.42. The number of aryl methyl sites for hydroxylation is 1. The molecule has 0 saturated carbocycles. The Bertz CT molecular complexity index is 466. The number of aliphatic hydroxyl groups is 1. The van der Waals surface area contributed by atoms with Crippen LogP contribution in [0.25, 0.3) is 11.1 Å². The van der Waals surface area contributed by atoms with Crippen molar-refractivity contribution in [3.05, 3.63) is 29.7 Å². The number of fused-ring (bicyclic) bond motifs is 1. The Balaban J connectivity index is 2.62. The minimum Gasteiger partial charge on any atom is -0.441 e. The predicted molar refractivity (Wildman–Crippen MR) is 54.0 cm³/mol. The van der Waals surface area contributed by atoms with E-state index in [-0.39, 0.29) is 0 Å². The van der Waals surface area contributed by atoms with E-state index in [4.69, 9.17) is 4.42 Å². The van der Waals surface area contributed by atoms with E-state index in [2.05, 4.69) is 4.98 Å². The van der Waals surface area contributed by atoms with Crippen LogP contribution in [-0.4, -0.2) is 10.1 Å². The number of hydrogen-bond acceptors (Lipinski definition) is 3. The molecule has 0 radical (unpaired) electrons. The zero-order chi connectivity index (χ0) is 10.3. The largest absolute Gasteiger partial charge is 0.441 e. The second-order valence-corrected chi connectivity index (χ2v) is 3.97. The summed E-state index contributed by atoms with van der Waals surface area (Å²) in [5.41, 5.74) is 1.55. The van der Waals surface area contributed by atoms with Gasteiger partial charge in [0.15, 0.2) is 11.5 Å². The first-order valence-corrected chi connectivity index (χ1v) is 4.57. The highest BCUT2D eigenvalue weighted by atomic mass is 16.3. The molecule has 3 heteroatoms. The van der Waals surface area contributed by atoms with Crippen LogP contribution in [0.5, 0.6) is 0 Å². The van der Waals surface area contributed by atoms with E-state index in [1.807, 2.05) is 25.1 Å². The maximum absolute atomic E-state index is 9.79. The summed E-state index contributed by atoms with van der Waals surface area (Å²) in [4.78, 5) is 4.19. The molecule has 3 nitrogen and oxygen atoms in total. The van der Waals surface area contributed by atoms with Crippen LogP contribution < -0.4 is 0 Å². The van der Waals surface area contributed by atoms with Crippen molar-refractivity contribution >= 4 is 11.1 Å². The molecule has 74 valence electrons. The maximum atomic E-state index is 9.79. The number of nitrogens with zero attached hydrogens (tertiary/aromatic N) is 1. The molecule has 0 aliphatic heterocycles. The van der Waals surface area contributed by atoms with Gasteiger partial charge in [0.25, 0.3) is 0 Å². The lowest BCUT2D eigenvalue weighted by atomic mass is 9.98. The van der Waals surface area contributed by atoms with E-state index < -0.39 is 5.60 Å². The molecule has 0 fully saturated rings. The molecule has 1 heterocycles. The third-order valence-electron chi connectivity index (χ3n) is 2.20. The van der Waals surface area contributed by atoms with Gasteiger partial charge in [0.2, 0.25) is 0 Å². The molecule has 0 aliphatic rings. The lowest BCUT2D eigenvalue weighted by Crippen LogP contribution is -2.14. The van der Waals surface area contributed by atoms with Gasteiger partial charge in [-0.15, -0.1) is 0 Å². The second kappa shape index (κ2) is 2.82. The van der Waals surface area contributed by atoms with Crippen LogP contribution in [0.1, 0.15) is 25.3 Å². The van der Waals surface area contributed by atoms with E-state index in [0.717, 1.165) is 16.7 Å². The van der Waals surface area contributed by atoms with E-state index in [9.17, 15) is 5.11 Å². The average Bonchev–Trinajstić information content (AvgIpc) is 2.41. The summed E-state index contributed by atoms with van der Waals surface area (Å²) in [5.74, 6) is 0.646. The molecule has 0 amide bonds. The van der Waals surface area contributed by atoms with E-state index in [1.165, 1.54) is 0 Å². The zero-order valence-electron chi connectivity index (χ0n) is 8.53. The second-order valence-electron chi connectivity index (χ2n) is 3.97. The first-order valence-electron chi connectivity index (χ1n) is 4.57. The molecule has 1 N–H and O–H groups in total. The molecule has 0 aliphatic carbocycles. The molecule has 1 aromatic heterocycles. The molecule has 2 aromatic rings. The van der Waals surface area contributed by atoms with Crippen LogP contribution in [0.3, 0.4) is 0 Å². The van der Waals surface area contributed by atoms with Crippen molar-refractivity contribution in [2.24, 2.45) is 0 Å². The van der Waals surface area contributed by atoms with Crippen molar-refractivity contribution in [1.82, 2.24) is 4.98 Å². The number of benzene rings is 1. The quantitative estimate of drug-likeness (QED) is 0.752.